The highest BCUT2D eigenvalue weighted by molar-refractivity contribution is 5.98. The standard InChI is InChI=1S/C28H38N4O3/c1-21-20-32(17-16-30-21)28(35)24(14-8-9-15-29)19-26(33)25(18-22-10-4-2-5-11-22)31-27(34)23-12-6-3-7-13-23/h2-7,10-13,21,24-25,30H,8-9,14-20,29H2,1H3,(H,31,34)/t21-,24-,25+/m1/s1. The van der Waals surface area contributed by atoms with Gasteiger partial charge in [0.05, 0.1) is 6.04 Å². The zero-order chi connectivity index (χ0) is 25.0. The van der Waals surface area contributed by atoms with Gasteiger partial charge >= 0.3 is 0 Å². The predicted octanol–water partition coefficient (Wildman–Crippen LogP) is 2.55. The average Bonchev–Trinajstić information content (AvgIpc) is 2.88. The lowest BCUT2D eigenvalue weighted by Gasteiger charge is -2.34. The zero-order valence-corrected chi connectivity index (χ0v) is 20.6. The second-order valence-electron chi connectivity index (χ2n) is 9.37. The van der Waals surface area contributed by atoms with Crippen LogP contribution in [0.25, 0.3) is 0 Å². The molecule has 1 aliphatic rings. The Labute approximate surface area is 208 Å². The van der Waals surface area contributed by atoms with Gasteiger partial charge in [0.1, 0.15) is 0 Å². The molecule has 7 nitrogen and oxygen atoms in total. The van der Waals surface area contributed by atoms with E-state index in [1.165, 1.54) is 0 Å². The second kappa shape index (κ2) is 13.8. The molecule has 3 rings (SSSR count). The maximum atomic E-state index is 13.6. The quantitative estimate of drug-likeness (QED) is 0.407. The number of carbonyl (C=O) groups is 3. The first-order valence-electron chi connectivity index (χ1n) is 12.6. The molecule has 188 valence electrons. The van der Waals surface area contributed by atoms with Gasteiger partial charge in [0, 0.05) is 43.6 Å². The number of carbonyl (C=O) groups excluding carboxylic acids is 3. The summed E-state index contributed by atoms with van der Waals surface area (Å²) in [5.74, 6) is -0.794. The minimum Gasteiger partial charge on any atom is -0.342 e. The minimum atomic E-state index is -0.711. The first kappa shape index (κ1) is 26.6. The van der Waals surface area contributed by atoms with Crippen LogP contribution in [0.2, 0.25) is 0 Å². The fourth-order valence-corrected chi connectivity index (χ4v) is 4.55. The van der Waals surface area contributed by atoms with E-state index in [1.54, 1.807) is 24.3 Å². The molecule has 0 spiro atoms. The summed E-state index contributed by atoms with van der Waals surface area (Å²) in [6, 6.07) is 18.0. The zero-order valence-electron chi connectivity index (χ0n) is 20.6. The molecule has 1 fully saturated rings. The summed E-state index contributed by atoms with van der Waals surface area (Å²) in [7, 11) is 0. The lowest BCUT2D eigenvalue weighted by atomic mass is 9.90. The van der Waals surface area contributed by atoms with E-state index in [2.05, 4.69) is 17.6 Å². The third kappa shape index (κ3) is 8.30. The molecule has 4 N–H and O–H groups in total. The number of amides is 2. The van der Waals surface area contributed by atoms with Crippen molar-refractivity contribution in [1.29, 1.82) is 0 Å². The number of Topliss-reactive ketones (excluding diaryl/α,β-unsaturated/α-hetero) is 1. The lowest BCUT2D eigenvalue weighted by molar-refractivity contribution is -0.139. The Bertz CT molecular complexity index is 951. The van der Waals surface area contributed by atoms with Gasteiger partial charge in [0.2, 0.25) is 5.91 Å². The SMILES string of the molecule is C[C@@H]1CN(C(=O)[C@H](CCCCN)CC(=O)[C@H](Cc2ccccc2)NC(=O)c2ccccc2)CCN1. The van der Waals surface area contributed by atoms with Crippen molar-refractivity contribution in [3.8, 4) is 0 Å². The molecule has 7 heteroatoms. The summed E-state index contributed by atoms with van der Waals surface area (Å²) >= 11 is 0. The van der Waals surface area contributed by atoms with Gasteiger partial charge in [0.15, 0.2) is 5.78 Å². The molecule has 2 aromatic rings. The van der Waals surface area contributed by atoms with Gasteiger partial charge in [-0.2, -0.15) is 0 Å². The Balaban J connectivity index is 1.76. The predicted molar refractivity (Wildman–Crippen MR) is 138 cm³/mol. The fraction of sp³-hybridized carbons (Fsp3) is 0.464. The largest absolute Gasteiger partial charge is 0.342 e. The van der Waals surface area contributed by atoms with Crippen LogP contribution < -0.4 is 16.4 Å². The number of hydrogen-bond acceptors (Lipinski definition) is 5. The molecule has 0 bridgehead atoms. The van der Waals surface area contributed by atoms with Crippen LogP contribution in [0.3, 0.4) is 0 Å². The molecule has 2 aromatic carbocycles. The van der Waals surface area contributed by atoms with Crippen LogP contribution in [0.1, 0.15) is 48.5 Å². The Morgan fingerprint density at radius 3 is 2.40 bits per heavy atom. The van der Waals surface area contributed by atoms with Gasteiger partial charge in [0.25, 0.3) is 5.91 Å². The average molecular weight is 479 g/mol. The molecule has 1 saturated heterocycles. The van der Waals surface area contributed by atoms with Crippen molar-refractivity contribution in [3.63, 3.8) is 0 Å². The number of nitrogens with two attached hydrogens (primary N) is 1. The smallest absolute Gasteiger partial charge is 0.251 e. The first-order valence-corrected chi connectivity index (χ1v) is 12.6. The minimum absolute atomic E-state index is 0.0246. The van der Waals surface area contributed by atoms with Crippen molar-refractivity contribution in [3.05, 3.63) is 71.8 Å². The van der Waals surface area contributed by atoms with Crippen LogP contribution in [0.15, 0.2) is 60.7 Å². The van der Waals surface area contributed by atoms with Crippen molar-refractivity contribution < 1.29 is 14.4 Å². The van der Waals surface area contributed by atoms with Gasteiger partial charge in [-0.05, 0) is 50.4 Å². The van der Waals surface area contributed by atoms with Crippen LogP contribution >= 0.6 is 0 Å². The molecule has 3 atom stereocenters. The van der Waals surface area contributed by atoms with Crippen LogP contribution in [0, 0.1) is 5.92 Å². The second-order valence-corrected chi connectivity index (χ2v) is 9.37. The summed E-state index contributed by atoms with van der Waals surface area (Å²) in [5.41, 5.74) is 7.14. The maximum Gasteiger partial charge on any atom is 0.251 e. The van der Waals surface area contributed by atoms with E-state index in [-0.39, 0.29) is 30.1 Å². The van der Waals surface area contributed by atoms with Crippen LogP contribution in [0.5, 0.6) is 0 Å². The Hall–Kier alpha value is -3.03. The number of ketones is 1. The highest BCUT2D eigenvalue weighted by Gasteiger charge is 2.31. The molecule has 1 heterocycles. The number of benzene rings is 2. The lowest BCUT2D eigenvalue weighted by Crippen LogP contribution is -2.53. The third-order valence-electron chi connectivity index (χ3n) is 6.50. The van der Waals surface area contributed by atoms with E-state index >= 15 is 0 Å². The van der Waals surface area contributed by atoms with E-state index < -0.39 is 12.0 Å². The van der Waals surface area contributed by atoms with Gasteiger partial charge < -0.3 is 21.3 Å². The maximum absolute atomic E-state index is 13.6. The van der Waals surface area contributed by atoms with Crippen molar-refractivity contribution >= 4 is 17.6 Å². The molecule has 2 amide bonds. The molecular formula is C28H38N4O3. The van der Waals surface area contributed by atoms with Crippen LogP contribution in [0.4, 0.5) is 0 Å². The fourth-order valence-electron chi connectivity index (χ4n) is 4.55. The van der Waals surface area contributed by atoms with Crippen molar-refractivity contribution in [1.82, 2.24) is 15.5 Å². The number of hydrogen-bond donors (Lipinski definition) is 3. The van der Waals surface area contributed by atoms with E-state index in [0.717, 1.165) is 24.9 Å². The summed E-state index contributed by atoms with van der Waals surface area (Å²) in [6.45, 7) is 4.65. The summed E-state index contributed by atoms with van der Waals surface area (Å²) in [4.78, 5) is 41.8. The van der Waals surface area contributed by atoms with Gasteiger partial charge in [-0.15, -0.1) is 0 Å². The normalized spacial score (nSPS) is 17.4. The van der Waals surface area contributed by atoms with E-state index in [1.807, 2.05) is 41.3 Å². The molecule has 35 heavy (non-hydrogen) atoms. The van der Waals surface area contributed by atoms with Crippen LogP contribution in [-0.2, 0) is 16.0 Å². The first-order chi connectivity index (χ1) is 17.0. The number of piperazine rings is 1. The molecule has 1 aliphatic heterocycles. The van der Waals surface area contributed by atoms with Gasteiger partial charge in [-0.25, -0.2) is 0 Å². The highest BCUT2D eigenvalue weighted by Crippen LogP contribution is 2.20. The van der Waals surface area contributed by atoms with Gasteiger partial charge in [-0.3, -0.25) is 14.4 Å². The van der Waals surface area contributed by atoms with Crippen molar-refractivity contribution in [2.24, 2.45) is 11.7 Å². The van der Waals surface area contributed by atoms with Gasteiger partial charge in [-0.1, -0.05) is 55.0 Å². The summed E-state index contributed by atoms with van der Waals surface area (Å²) in [6.07, 6.45) is 2.71. The molecule has 0 radical (unpaired) electrons. The molecule has 0 aliphatic carbocycles. The third-order valence-corrected chi connectivity index (χ3v) is 6.50. The summed E-state index contributed by atoms with van der Waals surface area (Å²) < 4.78 is 0. The molecule has 0 saturated carbocycles. The Morgan fingerprint density at radius 2 is 1.74 bits per heavy atom. The van der Waals surface area contributed by atoms with E-state index in [0.29, 0.717) is 38.0 Å². The number of rotatable bonds is 12. The summed E-state index contributed by atoms with van der Waals surface area (Å²) in [5, 5.41) is 6.29. The van der Waals surface area contributed by atoms with E-state index in [9.17, 15) is 14.4 Å². The molecule has 0 unspecified atom stereocenters. The number of unbranched alkanes of at least 4 members (excludes halogenated alkanes) is 1. The monoisotopic (exact) mass is 478 g/mol. The van der Waals surface area contributed by atoms with E-state index in [4.69, 9.17) is 5.73 Å². The Kier molecular flexibility index (Phi) is 10.4. The van der Waals surface area contributed by atoms with Crippen molar-refractivity contribution in [2.45, 2.75) is 51.1 Å². The van der Waals surface area contributed by atoms with Crippen LogP contribution in [-0.4, -0.2) is 60.8 Å². The molecular weight excluding hydrogens is 440 g/mol. The number of nitrogens with zero attached hydrogens (tertiary/aromatic N) is 1. The Morgan fingerprint density at radius 1 is 1.06 bits per heavy atom. The number of nitrogens with one attached hydrogen (secondary N) is 2. The topological polar surface area (TPSA) is 105 Å². The van der Waals surface area contributed by atoms with Crippen molar-refractivity contribution in [2.75, 3.05) is 26.2 Å². The molecule has 0 aromatic heterocycles. The highest BCUT2D eigenvalue weighted by atomic mass is 16.2.